The third-order valence-electron chi connectivity index (χ3n) is 3.79. The molecule has 0 aliphatic heterocycles. The van der Waals surface area contributed by atoms with E-state index in [-0.39, 0.29) is 11.6 Å². The predicted octanol–water partition coefficient (Wildman–Crippen LogP) is 4.83. The molecule has 4 rings (SSSR count). The summed E-state index contributed by atoms with van der Waals surface area (Å²) in [7, 11) is 0. The molecule has 0 aliphatic carbocycles. The van der Waals surface area contributed by atoms with E-state index in [0.717, 1.165) is 5.75 Å². The molecule has 0 aliphatic rings. The number of thioether (sulfide) groups is 1. The third kappa shape index (κ3) is 4.15. The van der Waals surface area contributed by atoms with Crippen molar-refractivity contribution >= 4 is 28.6 Å². The standard InChI is InChI=1S/C20H15FN4OS/c21-15-6-8-16(9-7-15)26-17-10-14-11-23-20(25-19(14)24-18(17)22)27-12-13-4-2-1-3-5-13/h1-11H,12H2,(H2,22,23,24,25). The van der Waals surface area contributed by atoms with E-state index < -0.39 is 0 Å². The number of hydrogen-bond acceptors (Lipinski definition) is 6. The monoisotopic (exact) mass is 378 g/mol. The molecule has 2 N–H and O–H groups in total. The van der Waals surface area contributed by atoms with Gasteiger partial charge in [-0.05, 0) is 35.9 Å². The van der Waals surface area contributed by atoms with Gasteiger partial charge in [0.15, 0.2) is 22.4 Å². The van der Waals surface area contributed by atoms with Crippen LogP contribution < -0.4 is 10.5 Å². The first-order valence-corrected chi connectivity index (χ1v) is 9.19. The number of pyridine rings is 1. The fourth-order valence-corrected chi connectivity index (χ4v) is 3.21. The highest BCUT2D eigenvalue weighted by atomic mass is 32.2. The van der Waals surface area contributed by atoms with E-state index in [4.69, 9.17) is 10.5 Å². The van der Waals surface area contributed by atoms with Gasteiger partial charge >= 0.3 is 0 Å². The van der Waals surface area contributed by atoms with Crippen LogP contribution in [0.3, 0.4) is 0 Å². The summed E-state index contributed by atoms with van der Waals surface area (Å²) in [4.78, 5) is 13.2. The zero-order chi connectivity index (χ0) is 18.6. The minimum Gasteiger partial charge on any atom is -0.453 e. The van der Waals surface area contributed by atoms with Crippen LogP contribution in [0.4, 0.5) is 10.2 Å². The number of ether oxygens (including phenoxy) is 1. The molecule has 2 heterocycles. The predicted molar refractivity (Wildman–Crippen MR) is 104 cm³/mol. The van der Waals surface area contributed by atoms with Crippen LogP contribution >= 0.6 is 11.8 Å². The number of nitrogens with two attached hydrogens (primary N) is 1. The molecule has 0 atom stereocenters. The summed E-state index contributed by atoms with van der Waals surface area (Å²) in [5.74, 6) is 1.50. The SMILES string of the molecule is Nc1nc2nc(SCc3ccccc3)ncc2cc1Oc1ccc(F)cc1. The topological polar surface area (TPSA) is 73.9 Å². The molecule has 0 saturated heterocycles. The van der Waals surface area contributed by atoms with E-state index in [9.17, 15) is 4.39 Å². The van der Waals surface area contributed by atoms with Crippen molar-refractivity contribution in [2.45, 2.75) is 10.9 Å². The van der Waals surface area contributed by atoms with E-state index in [1.165, 1.54) is 41.6 Å². The molecule has 2 aromatic heterocycles. The number of halogens is 1. The van der Waals surface area contributed by atoms with Gasteiger partial charge in [0.25, 0.3) is 0 Å². The molecular formula is C20H15FN4OS. The van der Waals surface area contributed by atoms with Crippen LogP contribution in [0.25, 0.3) is 11.0 Å². The molecule has 7 heteroatoms. The molecule has 0 unspecified atom stereocenters. The molecule has 0 bridgehead atoms. The Balaban J connectivity index is 1.55. The first-order valence-electron chi connectivity index (χ1n) is 8.21. The number of rotatable bonds is 5. The number of aromatic nitrogens is 3. The molecule has 27 heavy (non-hydrogen) atoms. The molecule has 0 saturated carbocycles. The van der Waals surface area contributed by atoms with Crippen molar-refractivity contribution < 1.29 is 9.13 Å². The first-order chi connectivity index (χ1) is 13.2. The lowest BCUT2D eigenvalue weighted by molar-refractivity contribution is 0.482. The molecule has 0 amide bonds. The fourth-order valence-electron chi connectivity index (χ4n) is 2.45. The van der Waals surface area contributed by atoms with Crippen molar-refractivity contribution in [3.8, 4) is 11.5 Å². The normalized spacial score (nSPS) is 10.9. The molecule has 2 aromatic carbocycles. The Hall–Kier alpha value is -3.19. The maximum absolute atomic E-state index is 13.0. The Morgan fingerprint density at radius 3 is 2.56 bits per heavy atom. The number of nitrogens with zero attached hydrogens (tertiary/aromatic N) is 3. The van der Waals surface area contributed by atoms with E-state index in [1.54, 1.807) is 12.3 Å². The Labute approximate surface area is 159 Å². The number of nitrogen functional groups attached to an aromatic ring is 1. The Kier molecular flexibility index (Phi) is 4.84. The van der Waals surface area contributed by atoms with Crippen LogP contribution in [0.2, 0.25) is 0 Å². The van der Waals surface area contributed by atoms with Crippen molar-refractivity contribution in [1.82, 2.24) is 15.0 Å². The van der Waals surface area contributed by atoms with Gasteiger partial charge in [-0.2, -0.15) is 0 Å². The zero-order valence-electron chi connectivity index (χ0n) is 14.2. The quantitative estimate of drug-likeness (QED) is 0.396. The van der Waals surface area contributed by atoms with E-state index in [1.807, 2.05) is 18.2 Å². The largest absolute Gasteiger partial charge is 0.453 e. The lowest BCUT2D eigenvalue weighted by Crippen LogP contribution is -1.99. The van der Waals surface area contributed by atoms with Gasteiger partial charge in [-0.25, -0.2) is 19.3 Å². The Morgan fingerprint density at radius 2 is 1.78 bits per heavy atom. The third-order valence-corrected chi connectivity index (χ3v) is 4.72. The first kappa shape index (κ1) is 17.2. The summed E-state index contributed by atoms with van der Waals surface area (Å²) in [6.07, 6.45) is 1.69. The van der Waals surface area contributed by atoms with Crippen molar-refractivity contribution in [2.24, 2.45) is 0 Å². The summed E-state index contributed by atoms with van der Waals surface area (Å²) < 4.78 is 18.7. The average molecular weight is 378 g/mol. The van der Waals surface area contributed by atoms with E-state index in [2.05, 4.69) is 27.1 Å². The van der Waals surface area contributed by atoms with E-state index in [0.29, 0.717) is 27.7 Å². The molecule has 134 valence electrons. The van der Waals surface area contributed by atoms with Crippen LogP contribution in [-0.4, -0.2) is 15.0 Å². The molecule has 5 nitrogen and oxygen atoms in total. The second kappa shape index (κ2) is 7.59. The smallest absolute Gasteiger partial charge is 0.189 e. The van der Waals surface area contributed by atoms with Gasteiger partial charge in [0.1, 0.15) is 11.6 Å². The van der Waals surface area contributed by atoms with Crippen LogP contribution in [0.5, 0.6) is 11.5 Å². The average Bonchev–Trinajstić information content (AvgIpc) is 2.69. The van der Waals surface area contributed by atoms with Crippen molar-refractivity contribution in [3.05, 3.63) is 78.2 Å². The summed E-state index contributed by atoms with van der Waals surface area (Å²) in [5.41, 5.74) is 7.70. The zero-order valence-corrected chi connectivity index (χ0v) is 15.0. The van der Waals surface area contributed by atoms with Crippen molar-refractivity contribution in [1.29, 1.82) is 0 Å². The van der Waals surface area contributed by atoms with Gasteiger partial charge in [-0.1, -0.05) is 42.1 Å². The van der Waals surface area contributed by atoms with E-state index >= 15 is 0 Å². The van der Waals surface area contributed by atoms with Gasteiger partial charge in [0, 0.05) is 17.3 Å². The maximum Gasteiger partial charge on any atom is 0.189 e. The second-order valence-corrected chi connectivity index (χ2v) is 6.71. The van der Waals surface area contributed by atoms with Gasteiger partial charge in [-0.3, -0.25) is 0 Å². The second-order valence-electron chi connectivity index (χ2n) is 5.77. The minimum absolute atomic E-state index is 0.213. The molecular weight excluding hydrogens is 363 g/mol. The Morgan fingerprint density at radius 1 is 1.00 bits per heavy atom. The number of hydrogen-bond donors (Lipinski definition) is 1. The molecule has 4 aromatic rings. The van der Waals surface area contributed by atoms with Crippen molar-refractivity contribution in [2.75, 3.05) is 5.73 Å². The summed E-state index contributed by atoms with van der Waals surface area (Å²) >= 11 is 1.53. The highest BCUT2D eigenvalue weighted by Gasteiger charge is 2.10. The fraction of sp³-hybridized carbons (Fsp3) is 0.0500. The van der Waals surface area contributed by atoms with Crippen LogP contribution in [0, 0.1) is 5.82 Å². The van der Waals surface area contributed by atoms with Gasteiger partial charge < -0.3 is 10.5 Å². The minimum atomic E-state index is -0.333. The number of fused-ring (bicyclic) bond motifs is 1. The van der Waals surface area contributed by atoms with Crippen LogP contribution in [0.1, 0.15) is 5.56 Å². The van der Waals surface area contributed by atoms with Gasteiger partial charge in [0.05, 0.1) is 0 Å². The van der Waals surface area contributed by atoms with Crippen molar-refractivity contribution in [3.63, 3.8) is 0 Å². The highest BCUT2D eigenvalue weighted by molar-refractivity contribution is 7.98. The summed E-state index contributed by atoms with van der Waals surface area (Å²) in [5, 5.41) is 1.34. The van der Waals surface area contributed by atoms with Gasteiger partial charge in [0.2, 0.25) is 0 Å². The molecule has 0 radical (unpaired) electrons. The Bertz CT molecular complexity index is 1070. The number of anilines is 1. The maximum atomic E-state index is 13.0. The lowest BCUT2D eigenvalue weighted by atomic mass is 10.2. The van der Waals surface area contributed by atoms with Crippen LogP contribution in [0.15, 0.2) is 72.0 Å². The lowest BCUT2D eigenvalue weighted by Gasteiger charge is -2.09. The number of benzene rings is 2. The van der Waals surface area contributed by atoms with Gasteiger partial charge in [-0.15, -0.1) is 0 Å². The van der Waals surface area contributed by atoms with Crippen LogP contribution in [-0.2, 0) is 5.75 Å². The highest BCUT2D eigenvalue weighted by Crippen LogP contribution is 2.30. The summed E-state index contributed by atoms with van der Waals surface area (Å²) in [6, 6.07) is 17.5. The molecule has 0 spiro atoms. The summed E-state index contributed by atoms with van der Waals surface area (Å²) in [6.45, 7) is 0. The molecule has 0 fully saturated rings.